The number of hydrogen-bond acceptors (Lipinski definition) is 28. The minimum absolute atomic E-state index is 0.195. The number of thioether (sulfide) groups is 2. The third-order valence-electron chi connectivity index (χ3n) is 22.7. The van der Waals surface area contributed by atoms with Gasteiger partial charge in [0, 0.05) is 93.6 Å². The van der Waals surface area contributed by atoms with E-state index in [-0.39, 0.29) is 45.5 Å². The highest BCUT2D eigenvalue weighted by Gasteiger charge is 2.48. The number of primary amides is 2. The van der Waals surface area contributed by atoms with Crippen molar-refractivity contribution in [3.8, 4) is 5.75 Å². The van der Waals surface area contributed by atoms with E-state index < -0.39 is 348 Å². The van der Waals surface area contributed by atoms with E-state index in [1.54, 1.807) is 36.4 Å². The Balaban J connectivity index is 1.31. The van der Waals surface area contributed by atoms with Crippen LogP contribution in [0.3, 0.4) is 0 Å². The van der Waals surface area contributed by atoms with Gasteiger partial charge in [0.2, 0.25) is 106 Å². The van der Waals surface area contributed by atoms with Gasteiger partial charge in [0.15, 0.2) is 5.72 Å². The smallest absolute Gasteiger partial charge is 0.309 e. The maximum absolute atomic E-state index is 15.8. The predicted molar refractivity (Wildman–Crippen MR) is 490 cm³/mol. The molecule has 0 saturated carbocycles. The van der Waals surface area contributed by atoms with Crippen molar-refractivity contribution in [1.29, 1.82) is 0 Å². The Morgan fingerprint density at radius 1 is 0.514 bits per heavy atom. The number of carbonyl (C=O) groups is 22. The lowest BCUT2D eigenvalue weighted by atomic mass is 9.85. The summed E-state index contributed by atoms with van der Waals surface area (Å²) >= 11 is 1.78. The molecule has 4 heterocycles. The van der Waals surface area contributed by atoms with Crippen molar-refractivity contribution in [3.05, 3.63) is 114 Å². The third kappa shape index (κ3) is 33.4. The summed E-state index contributed by atoms with van der Waals surface area (Å²) in [5.74, 6) is -33.0. The van der Waals surface area contributed by atoms with Gasteiger partial charge in [-0.2, -0.15) is 23.5 Å². The SMILES string of the molecule is C[C@H](N)C(=O)N[C@H]1CSCCC(=O)N2CCN3CC(O)(C2)NC[C@@H]2NC(=O)[C@H](NC(=O)[C@H](Cc4cccc5ccccc45)NC(=O)[C@H](CCC(=O)O)NC(=O)[C@H](CC(N)=O)NC(=O)[C@@H](C)NC1=O)C(C(=O)O)C[C@H](NC2=O)C(=O)N[C@@H](CC(=O)O)C(=O)N[C@@H](Cc1ccccc1)C(=O)N[C@@H](Cc1ccc(O)cc1)C(=O)N[C@@H](CC(=O)O)CC(=O)N[C@@H](C(C)(C)C)C(=O)N[C@H](C(N)=O)CSCCC3=O. The maximum atomic E-state index is 15.8. The van der Waals surface area contributed by atoms with Crippen LogP contribution in [-0.4, -0.2) is 323 Å². The number of nitrogens with one attached hydrogen (secondary N) is 15. The predicted octanol–water partition coefficient (Wildman–Crippen LogP) is -7.33. The number of amides is 18. The number of nitrogens with two attached hydrogens (primary N) is 3. The number of carbonyl (C=O) groups excluding carboxylic acids is 18. The topological polar surface area (TPSA) is 762 Å². The molecule has 6 bridgehead atoms. The molecule has 4 fully saturated rings. The molecule has 48 nitrogen and oxygen atoms in total. The zero-order valence-corrected chi connectivity index (χ0v) is 77.6. The van der Waals surface area contributed by atoms with Gasteiger partial charge in [-0.1, -0.05) is 106 Å². The molecule has 27 N–H and O–H groups in total. The van der Waals surface area contributed by atoms with Crippen LogP contribution in [0, 0.1) is 11.3 Å². The first kappa shape index (κ1) is 109. The second-order valence-corrected chi connectivity index (χ2v) is 37.2. The summed E-state index contributed by atoms with van der Waals surface area (Å²) in [6.07, 6.45) is -10.1. The van der Waals surface area contributed by atoms with Gasteiger partial charge in [0.25, 0.3) is 0 Å². The number of carboxylic acids is 4. The van der Waals surface area contributed by atoms with E-state index in [4.69, 9.17) is 17.2 Å². The number of aromatic hydroxyl groups is 1. The lowest BCUT2D eigenvalue weighted by molar-refractivity contribution is -0.147. The van der Waals surface area contributed by atoms with Gasteiger partial charge in [-0.05, 0) is 71.7 Å². The summed E-state index contributed by atoms with van der Waals surface area (Å²) in [5, 5.41) is 103. The molecule has 4 aromatic rings. The van der Waals surface area contributed by atoms with Crippen molar-refractivity contribution in [2.24, 2.45) is 28.5 Å². The Labute approximate surface area is 798 Å². The van der Waals surface area contributed by atoms with Crippen LogP contribution in [0.4, 0.5) is 0 Å². The second-order valence-electron chi connectivity index (χ2n) is 34.9. The van der Waals surface area contributed by atoms with Crippen molar-refractivity contribution >= 4 is 165 Å². The summed E-state index contributed by atoms with van der Waals surface area (Å²) in [7, 11) is 0. The number of hydrogen-bond donors (Lipinski definition) is 24. The van der Waals surface area contributed by atoms with Crippen molar-refractivity contribution in [2.45, 2.75) is 208 Å². The average Bonchev–Trinajstić information content (AvgIpc) is 1.48. The minimum atomic E-state index is -2.66. The van der Waals surface area contributed by atoms with Gasteiger partial charge >= 0.3 is 23.9 Å². The highest BCUT2D eigenvalue weighted by molar-refractivity contribution is 7.99. The number of carboxylic acid groups (broad SMARTS) is 4. The Morgan fingerprint density at radius 3 is 1.59 bits per heavy atom. The molecular formula is C88H116N20O28S2. The largest absolute Gasteiger partial charge is 0.508 e. The van der Waals surface area contributed by atoms with Crippen LogP contribution in [-0.2, 0) is 125 Å². The number of aliphatic carboxylic acids is 4. The average molecular weight is 1970 g/mol. The molecule has 4 saturated heterocycles. The quantitative estimate of drug-likeness (QED) is 0.0415. The van der Waals surface area contributed by atoms with Gasteiger partial charge in [0.05, 0.1) is 44.3 Å². The van der Waals surface area contributed by atoms with Crippen LogP contribution in [0.15, 0.2) is 97.1 Å². The first-order valence-corrected chi connectivity index (χ1v) is 46.3. The second kappa shape index (κ2) is 50.6. The maximum Gasteiger partial charge on any atom is 0.309 e. The zero-order valence-electron chi connectivity index (χ0n) is 75.9. The van der Waals surface area contributed by atoms with Crippen molar-refractivity contribution < 1.29 is 136 Å². The number of rotatable bonds is 19. The number of nitrogens with zero attached hydrogens (tertiary/aromatic N) is 2. The van der Waals surface area contributed by atoms with Gasteiger partial charge in [-0.15, -0.1) is 0 Å². The van der Waals surface area contributed by atoms with E-state index in [0.717, 1.165) is 40.2 Å². The van der Waals surface area contributed by atoms with E-state index in [1.807, 2.05) is 0 Å². The van der Waals surface area contributed by atoms with Crippen molar-refractivity contribution in [1.82, 2.24) is 89.6 Å². The zero-order chi connectivity index (χ0) is 102. The summed E-state index contributed by atoms with van der Waals surface area (Å²) in [5.41, 5.74) is 14.1. The fourth-order valence-electron chi connectivity index (χ4n) is 15.3. The van der Waals surface area contributed by atoms with Crippen LogP contribution in [0.1, 0.15) is 109 Å². The number of phenols is 1. The molecule has 4 aliphatic heterocycles. The van der Waals surface area contributed by atoms with E-state index in [0.29, 0.717) is 10.8 Å². The molecule has 4 aliphatic rings. The lowest BCUT2D eigenvalue weighted by Gasteiger charge is -2.35. The molecule has 18 amide bonds. The summed E-state index contributed by atoms with van der Waals surface area (Å²) < 4.78 is 0. The number of benzene rings is 4. The Bertz CT molecular complexity index is 5220. The normalized spacial score (nSPS) is 26.5. The first-order chi connectivity index (χ1) is 65.0. The number of aliphatic hydroxyl groups is 1. The Morgan fingerprint density at radius 2 is 1.02 bits per heavy atom. The van der Waals surface area contributed by atoms with Crippen LogP contribution in [0.2, 0.25) is 0 Å². The van der Waals surface area contributed by atoms with Gasteiger partial charge in [0.1, 0.15) is 84.3 Å². The molecule has 0 spiro atoms. The molecule has 4 aromatic carbocycles. The monoisotopic (exact) mass is 1960 g/mol. The van der Waals surface area contributed by atoms with E-state index in [9.17, 15) is 103 Å². The molecule has 0 aromatic heterocycles. The van der Waals surface area contributed by atoms with E-state index in [2.05, 4.69) is 79.8 Å². The highest BCUT2D eigenvalue weighted by Crippen LogP contribution is 2.26. The lowest BCUT2D eigenvalue weighted by Crippen LogP contribution is -2.64. The molecule has 138 heavy (non-hydrogen) atoms. The van der Waals surface area contributed by atoms with Gasteiger partial charge in [-0.25, -0.2) is 0 Å². The van der Waals surface area contributed by atoms with Crippen LogP contribution >= 0.6 is 23.5 Å². The molecule has 8 rings (SSSR count). The fourth-order valence-corrected chi connectivity index (χ4v) is 17.2. The summed E-state index contributed by atoms with van der Waals surface area (Å²) in [6.45, 7) is 3.43. The molecule has 17 atom stereocenters. The molecule has 2 unspecified atom stereocenters. The Hall–Kier alpha value is -14.1. The molecule has 748 valence electrons. The molecule has 50 heteroatoms. The molecule has 0 radical (unpaired) electrons. The summed E-state index contributed by atoms with van der Waals surface area (Å²) in [6, 6.07) is -5.16. The van der Waals surface area contributed by atoms with Gasteiger partial charge in [-0.3, -0.25) is 111 Å². The molecular weight excluding hydrogens is 1850 g/mol. The third-order valence-corrected chi connectivity index (χ3v) is 24.8. The van der Waals surface area contributed by atoms with Crippen molar-refractivity contribution in [2.75, 3.05) is 55.7 Å². The molecule has 0 aliphatic carbocycles. The Kier molecular flexibility index (Phi) is 40.0. The van der Waals surface area contributed by atoms with Crippen molar-refractivity contribution in [3.63, 3.8) is 0 Å². The summed E-state index contributed by atoms with van der Waals surface area (Å²) in [4.78, 5) is 317. The van der Waals surface area contributed by atoms with E-state index in [1.165, 1.54) is 88.4 Å². The van der Waals surface area contributed by atoms with Crippen LogP contribution < -0.4 is 97.0 Å². The van der Waals surface area contributed by atoms with E-state index >= 15 is 33.6 Å². The number of fused-ring (bicyclic) bond motifs is 8. The first-order valence-electron chi connectivity index (χ1n) is 44.0. The van der Waals surface area contributed by atoms with Crippen LogP contribution in [0.5, 0.6) is 5.75 Å². The fraction of sp³-hybridized carbons (Fsp3) is 0.500. The van der Waals surface area contributed by atoms with Gasteiger partial charge < -0.3 is 132 Å². The number of phenolic OH excluding ortho intramolecular Hbond substituents is 1. The standard InChI is InChI=1S/C88H116N20O28S2/c1-43(89)73(121)104-62-40-138-29-25-66(113)108-27-26-107-41-88(136,42-108)92-38-60-82(130)100-57(35-52(86(134)135)70(84(132)102-60)106-81(129)56(32-48-16-11-15-47-14-9-10-17-51(47)48)99-75(123)53(22-23-67(114)115)95-79(127)58(36-63(90)110)96-74(122)44(2)93-83(62)131)78(126)101-59(37-69(118)119)80(128)98-55(30-45-12-7-6-8-13-45)77(125)97-54(31-46-18-20-50(109)21-19-46)76(124)94-49(34-68(116)117)33-64(111)105-71(87(3,4)5)85(133)103-61(72(91)120)39-137-28-24-65(107)112/h6-21,43-44,49,52-62,70-71,92,109,136H,22-42,89H2,1-5H3,(H2,90,110)(H2,91,120)(H,93,131)(H,94,124)(H,95,127)(H,96,122)(H,97,125)(H,98,128)(H,99,123)(H,100,130)(H,101,126)(H,102,132)(H,103,133)(H,104,121)(H,105,111)(H,106,129)(H,114,115)(H,116,117)(H,118,119)(H,134,135)/t43-,44+,49+,52?,53-,54-,55-,56-,57-,58-,59-,60-,61-,62-,70+,71+,88?/m0/s1. The minimum Gasteiger partial charge on any atom is -0.508 e. The highest BCUT2D eigenvalue weighted by atomic mass is 32.2. The van der Waals surface area contributed by atoms with Crippen LogP contribution in [0.25, 0.3) is 10.8 Å².